The molecule has 0 radical (unpaired) electrons. The Balaban J connectivity index is 1.28. The van der Waals surface area contributed by atoms with Crippen LogP contribution in [-0.4, -0.2) is 56.7 Å². The smallest absolute Gasteiger partial charge is 0.289 e. The third kappa shape index (κ3) is 3.30. The molecule has 4 heterocycles. The van der Waals surface area contributed by atoms with E-state index in [1.54, 1.807) is 52.5 Å². The van der Waals surface area contributed by atoms with Crippen molar-refractivity contribution in [2.24, 2.45) is 0 Å². The lowest BCUT2D eigenvalue weighted by Gasteiger charge is -2.34. The van der Waals surface area contributed by atoms with Gasteiger partial charge in [-0.15, -0.1) is 10.2 Å². The summed E-state index contributed by atoms with van der Waals surface area (Å²) >= 11 is 0. The van der Waals surface area contributed by atoms with Gasteiger partial charge in [0.25, 0.3) is 5.91 Å². The summed E-state index contributed by atoms with van der Waals surface area (Å²) < 4.78 is 7.47. The topological polar surface area (TPSA) is 97.4 Å². The lowest BCUT2D eigenvalue weighted by atomic mass is 10.2. The highest BCUT2D eigenvalue weighted by Crippen LogP contribution is 2.17. The molecule has 30 heavy (non-hydrogen) atoms. The fraction of sp³-hybridized carbons (Fsp3) is 0.190. The number of hydrogen-bond acceptors (Lipinski definition) is 7. The van der Waals surface area contributed by atoms with Gasteiger partial charge in [0, 0.05) is 44.6 Å². The minimum atomic E-state index is -0.279. The number of carbonyl (C=O) groups is 1. The molecule has 1 aromatic carbocycles. The summed E-state index contributed by atoms with van der Waals surface area (Å²) in [5.74, 6) is 1.23. The molecule has 1 saturated heterocycles. The van der Waals surface area contributed by atoms with Crippen molar-refractivity contribution in [1.29, 1.82) is 0 Å². The van der Waals surface area contributed by atoms with Crippen LogP contribution in [0, 0.1) is 0 Å². The summed E-state index contributed by atoms with van der Waals surface area (Å²) in [6.45, 7) is 2.23. The zero-order chi connectivity index (χ0) is 20.5. The van der Waals surface area contributed by atoms with Crippen LogP contribution in [0.1, 0.15) is 10.6 Å². The van der Waals surface area contributed by atoms with Crippen molar-refractivity contribution < 1.29 is 9.21 Å². The summed E-state index contributed by atoms with van der Waals surface area (Å²) in [7, 11) is 0. The Labute approximate surface area is 171 Å². The number of imidazole rings is 1. The van der Waals surface area contributed by atoms with E-state index in [0.29, 0.717) is 43.0 Å². The maximum atomic E-state index is 12.9. The minimum absolute atomic E-state index is 0.0663. The quantitative estimate of drug-likeness (QED) is 0.515. The summed E-state index contributed by atoms with van der Waals surface area (Å²) in [5.41, 5.74) is 0.201. The highest BCUT2D eigenvalue weighted by Gasteiger charge is 2.25. The molecule has 1 amide bonds. The number of benzene rings is 1. The van der Waals surface area contributed by atoms with E-state index in [0.717, 1.165) is 5.82 Å². The predicted octanol–water partition coefficient (Wildman–Crippen LogP) is 1.73. The second-order valence-corrected chi connectivity index (χ2v) is 6.97. The molecule has 5 rings (SSSR count). The Hall–Kier alpha value is -4.01. The fourth-order valence-electron chi connectivity index (χ4n) is 3.52. The van der Waals surface area contributed by atoms with Gasteiger partial charge in [0.2, 0.25) is 0 Å². The summed E-state index contributed by atoms with van der Waals surface area (Å²) in [5, 5.41) is 9.00. The van der Waals surface area contributed by atoms with Gasteiger partial charge in [-0.2, -0.15) is 0 Å². The second kappa shape index (κ2) is 7.43. The first kappa shape index (κ1) is 18.0. The normalized spacial score (nSPS) is 14.3. The van der Waals surface area contributed by atoms with Gasteiger partial charge in [0.1, 0.15) is 11.9 Å². The maximum absolute atomic E-state index is 12.9. The van der Waals surface area contributed by atoms with Crippen LogP contribution >= 0.6 is 0 Å². The van der Waals surface area contributed by atoms with Gasteiger partial charge in [-0.05, 0) is 24.3 Å². The Bertz CT molecular complexity index is 1240. The minimum Gasteiger partial charge on any atom is -0.451 e. The number of para-hydroxylation sites is 1. The SMILES string of the molecule is O=C(c1cc(=O)c2ccccc2o1)N1CCN(c2ccc(-n3ccnc3)nn2)CC1. The first-order valence-electron chi connectivity index (χ1n) is 9.58. The van der Waals surface area contributed by atoms with Gasteiger partial charge in [0.15, 0.2) is 22.8 Å². The molecule has 0 N–H and O–H groups in total. The van der Waals surface area contributed by atoms with Crippen LogP contribution in [0.2, 0.25) is 0 Å². The van der Waals surface area contributed by atoms with Gasteiger partial charge in [0.05, 0.1) is 5.39 Å². The van der Waals surface area contributed by atoms with Crippen LogP contribution in [0.4, 0.5) is 5.82 Å². The Morgan fingerprint density at radius 2 is 1.73 bits per heavy atom. The van der Waals surface area contributed by atoms with E-state index in [9.17, 15) is 9.59 Å². The van der Waals surface area contributed by atoms with Crippen LogP contribution < -0.4 is 10.3 Å². The molecular weight excluding hydrogens is 384 g/mol. The van der Waals surface area contributed by atoms with Crippen molar-refractivity contribution in [3.8, 4) is 5.82 Å². The van der Waals surface area contributed by atoms with Crippen molar-refractivity contribution in [2.75, 3.05) is 31.1 Å². The molecular formula is C21H18N6O3. The number of anilines is 1. The number of aromatic nitrogens is 4. The van der Waals surface area contributed by atoms with Crippen molar-refractivity contribution in [3.05, 3.63) is 77.2 Å². The van der Waals surface area contributed by atoms with E-state index in [2.05, 4.69) is 20.1 Å². The molecule has 1 aliphatic rings. The van der Waals surface area contributed by atoms with Gasteiger partial charge in [-0.1, -0.05) is 12.1 Å². The van der Waals surface area contributed by atoms with E-state index < -0.39 is 0 Å². The molecule has 150 valence electrons. The number of fused-ring (bicyclic) bond motifs is 1. The molecule has 0 saturated carbocycles. The molecule has 1 aliphatic heterocycles. The van der Waals surface area contributed by atoms with Crippen LogP contribution in [0.3, 0.4) is 0 Å². The van der Waals surface area contributed by atoms with Crippen molar-refractivity contribution >= 4 is 22.7 Å². The average Bonchev–Trinajstić information content (AvgIpc) is 3.34. The molecule has 4 aromatic rings. The first-order valence-corrected chi connectivity index (χ1v) is 9.58. The maximum Gasteiger partial charge on any atom is 0.289 e. The number of carbonyl (C=O) groups excluding carboxylic acids is 1. The van der Waals surface area contributed by atoms with Gasteiger partial charge < -0.3 is 14.2 Å². The number of amides is 1. The number of rotatable bonds is 3. The fourth-order valence-corrected chi connectivity index (χ4v) is 3.52. The molecule has 0 aliphatic carbocycles. The molecule has 0 unspecified atom stereocenters. The Morgan fingerprint density at radius 3 is 2.47 bits per heavy atom. The van der Waals surface area contributed by atoms with E-state index in [-0.39, 0.29) is 17.1 Å². The molecule has 0 spiro atoms. The molecule has 0 bridgehead atoms. The first-order chi connectivity index (χ1) is 14.7. The van der Waals surface area contributed by atoms with Gasteiger partial charge >= 0.3 is 0 Å². The molecule has 3 aromatic heterocycles. The highest BCUT2D eigenvalue weighted by atomic mass is 16.3. The molecule has 9 nitrogen and oxygen atoms in total. The van der Waals surface area contributed by atoms with Crippen molar-refractivity contribution in [3.63, 3.8) is 0 Å². The van der Waals surface area contributed by atoms with Crippen molar-refractivity contribution in [1.82, 2.24) is 24.6 Å². The van der Waals surface area contributed by atoms with Crippen molar-refractivity contribution in [2.45, 2.75) is 0 Å². The molecule has 0 atom stereocenters. The summed E-state index contributed by atoms with van der Waals surface area (Å²) in [6.07, 6.45) is 5.15. The molecule has 9 heteroatoms. The van der Waals surface area contributed by atoms with E-state index in [1.807, 2.05) is 12.1 Å². The monoisotopic (exact) mass is 402 g/mol. The second-order valence-electron chi connectivity index (χ2n) is 6.97. The number of hydrogen-bond donors (Lipinski definition) is 0. The van der Waals surface area contributed by atoms with Crippen LogP contribution in [-0.2, 0) is 0 Å². The largest absolute Gasteiger partial charge is 0.451 e. The number of nitrogens with zero attached hydrogens (tertiary/aromatic N) is 6. The third-order valence-corrected chi connectivity index (χ3v) is 5.14. The lowest BCUT2D eigenvalue weighted by molar-refractivity contribution is 0.0715. The van der Waals surface area contributed by atoms with Gasteiger partial charge in [-0.25, -0.2) is 4.98 Å². The zero-order valence-corrected chi connectivity index (χ0v) is 16.0. The highest BCUT2D eigenvalue weighted by molar-refractivity contribution is 5.93. The average molecular weight is 402 g/mol. The summed E-state index contributed by atoms with van der Waals surface area (Å²) in [4.78, 5) is 32.9. The lowest BCUT2D eigenvalue weighted by Crippen LogP contribution is -2.49. The third-order valence-electron chi connectivity index (χ3n) is 5.14. The molecule has 1 fully saturated rings. The Kier molecular flexibility index (Phi) is 4.47. The van der Waals surface area contributed by atoms with Gasteiger partial charge in [-0.3, -0.25) is 14.2 Å². The van der Waals surface area contributed by atoms with E-state index in [4.69, 9.17) is 4.42 Å². The van der Waals surface area contributed by atoms with E-state index >= 15 is 0 Å². The predicted molar refractivity (Wildman–Crippen MR) is 110 cm³/mol. The van der Waals surface area contributed by atoms with Crippen LogP contribution in [0.15, 0.2) is 70.4 Å². The van der Waals surface area contributed by atoms with Crippen LogP contribution in [0.5, 0.6) is 0 Å². The van der Waals surface area contributed by atoms with E-state index in [1.165, 1.54) is 6.07 Å². The number of piperazine rings is 1. The standard InChI is InChI=1S/C21H18N6O3/c28-16-13-18(30-17-4-2-1-3-15(16)17)21(29)26-11-9-25(10-12-26)19-5-6-20(24-23-19)27-8-7-22-14-27/h1-8,13-14H,9-12H2. The zero-order valence-electron chi connectivity index (χ0n) is 16.0. The summed E-state index contributed by atoms with van der Waals surface area (Å²) in [6, 6.07) is 12.0. The Morgan fingerprint density at radius 1 is 0.967 bits per heavy atom. The van der Waals surface area contributed by atoms with Crippen LogP contribution in [0.25, 0.3) is 16.8 Å².